The number of hydrogen-bond acceptors (Lipinski definition) is 5. The molecule has 0 bridgehead atoms. The van der Waals surface area contributed by atoms with Crippen molar-refractivity contribution in [3.05, 3.63) is 76.9 Å². The van der Waals surface area contributed by atoms with Crippen LogP contribution in [-0.4, -0.2) is 35.1 Å². The van der Waals surface area contributed by atoms with E-state index in [2.05, 4.69) is 5.32 Å². The summed E-state index contributed by atoms with van der Waals surface area (Å²) in [5, 5.41) is 2.89. The number of amides is 1. The second-order valence-electron chi connectivity index (χ2n) is 8.19. The van der Waals surface area contributed by atoms with E-state index in [0.29, 0.717) is 17.2 Å². The van der Waals surface area contributed by atoms with Gasteiger partial charge in [-0.3, -0.25) is 9.10 Å². The maximum atomic E-state index is 13.6. The molecule has 0 unspecified atom stereocenters. The lowest BCUT2D eigenvalue weighted by Crippen LogP contribution is -2.38. The molecule has 1 N–H and O–H groups in total. The molecule has 0 fully saturated rings. The van der Waals surface area contributed by atoms with Gasteiger partial charge in [0.25, 0.3) is 10.0 Å². The average Bonchev–Trinajstić information content (AvgIpc) is 2.79. The highest BCUT2D eigenvalue weighted by Crippen LogP contribution is 2.34. The Labute approximate surface area is 201 Å². The fourth-order valence-corrected chi connectivity index (χ4v) is 5.23. The lowest BCUT2D eigenvalue weighted by Gasteiger charge is -2.25. The number of sulfonamides is 1. The molecular weight excluding hydrogens is 452 g/mol. The molecule has 0 aliphatic rings. The van der Waals surface area contributed by atoms with Crippen LogP contribution < -0.4 is 19.1 Å². The number of methoxy groups -OCH3 is 2. The van der Waals surface area contributed by atoms with Gasteiger partial charge in [-0.05, 0) is 63.1 Å². The Morgan fingerprint density at radius 1 is 0.824 bits per heavy atom. The van der Waals surface area contributed by atoms with Crippen LogP contribution in [0.3, 0.4) is 0 Å². The van der Waals surface area contributed by atoms with Crippen LogP contribution in [0, 0.1) is 27.7 Å². The van der Waals surface area contributed by atoms with E-state index < -0.39 is 22.5 Å². The third kappa shape index (κ3) is 5.34. The molecule has 0 spiro atoms. The third-order valence-corrected chi connectivity index (χ3v) is 7.28. The van der Waals surface area contributed by atoms with Crippen molar-refractivity contribution in [2.75, 3.05) is 30.4 Å². The first-order valence-electron chi connectivity index (χ1n) is 10.8. The molecule has 0 radical (unpaired) electrons. The predicted molar refractivity (Wildman–Crippen MR) is 135 cm³/mol. The molecule has 0 saturated carbocycles. The molecule has 180 valence electrons. The number of nitrogens with zero attached hydrogens (tertiary/aromatic N) is 1. The molecule has 0 heterocycles. The Morgan fingerprint density at radius 3 is 1.97 bits per heavy atom. The summed E-state index contributed by atoms with van der Waals surface area (Å²) in [5.41, 5.74) is 4.79. The van der Waals surface area contributed by atoms with Crippen molar-refractivity contribution >= 4 is 27.3 Å². The molecule has 8 heteroatoms. The number of nitrogens with one attached hydrogen (secondary N) is 1. The predicted octanol–water partition coefficient (Wildman–Crippen LogP) is 4.77. The van der Waals surface area contributed by atoms with Crippen molar-refractivity contribution in [1.82, 2.24) is 0 Å². The number of benzene rings is 3. The monoisotopic (exact) mass is 482 g/mol. The van der Waals surface area contributed by atoms with Crippen molar-refractivity contribution in [2.45, 2.75) is 32.6 Å². The number of hydrogen-bond donors (Lipinski definition) is 1. The second kappa shape index (κ2) is 10.2. The second-order valence-corrected chi connectivity index (χ2v) is 10.0. The number of carbonyl (C=O) groups is 1. The van der Waals surface area contributed by atoms with Gasteiger partial charge in [-0.15, -0.1) is 0 Å². The zero-order valence-corrected chi connectivity index (χ0v) is 21.1. The van der Waals surface area contributed by atoms with Gasteiger partial charge in [0.15, 0.2) is 11.5 Å². The van der Waals surface area contributed by atoms with Crippen LogP contribution in [0.2, 0.25) is 0 Å². The highest BCUT2D eigenvalue weighted by atomic mass is 32.2. The molecular formula is C26H30N2O5S. The largest absolute Gasteiger partial charge is 0.493 e. The molecule has 0 aliphatic carbocycles. The normalized spacial score (nSPS) is 11.1. The summed E-state index contributed by atoms with van der Waals surface area (Å²) < 4.78 is 39.0. The van der Waals surface area contributed by atoms with Crippen molar-refractivity contribution in [3.8, 4) is 11.5 Å². The van der Waals surface area contributed by atoms with E-state index >= 15 is 0 Å². The minimum absolute atomic E-state index is 0.0865. The molecule has 1 amide bonds. The third-order valence-electron chi connectivity index (χ3n) is 5.49. The molecule has 0 aliphatic heterocycles. The number of anilines is 2. The number of rotatable bonds is 8. The fraction of sp³-hybridized carbons (Fsp3) is 0.269. The fourth-order valence-electron chi connectivity index (χ4n) is 3.82. The van der Waals surface area contributed by atoms with Crippen LogP contribution in [0.4, 0.5) is 11.4 Å². The van der Waals surface area contributed by atoms with Crippen LogP contribution in [0.15, 0.2) is 59.5 Å². The topological polar surface area (TPSA) is 84.9 Å². The summed E-state index contributed by atoms with van der Waals surface area (Å²) in [6.45, 7) is 7.26. The van der Waals surface area contributed by atoms with Gasteiger partial charge in [0.1, 0.15) is 6.54 Å². The van der Waals surface area contributed by atoms with Crippen molar-refractivity contribution < 1.29 is 22.7 Å². The molecule has 34 heavy (non-hydrogen) atoms. The van der Waals surface area contributed by atoms with Gasteiger partial charge in [0, 0.05) is 11.8 Å². The first-order valence-corrected chi connectivity index (χ1v) is 12.2. The molecule has 0 saturated heterocycles. The Bertz CT molecular complexity index is 1280. The summed E-state index contributed by atoms with van der Waals surface area (Å²) >= 11 is 0. The molecule has 3 rings (SSSR count). The maximum absolute atomic E-state index is 13.6. The van der Waals surface area contributed by atoms with E-state index in [4.69, 9.17) is 9.47 Å². The lowest BCUT2D eigenvalue weighted by molar-refractivity contribution is -0.114. The zero-order valence-electron chi connectivity index (χ0n) is 20.3. The van der Waals surface area contributed by atoms with Crippen molar-refractivity contribution in [3.63, 3.8) is 0 Å². The van der Waals surface area contributed by atoms with E-state index in [0.717, 1.165) is 26.6 Å². The highest BCUT2D eigenvalue weighted by Gasteiger charge is 2.28. The molecule has 3 aromatic rings. The van der Waals surface area contributed by atoms with Gasteiger partial charge in [-0.25, -0.2) is 8.42 Å². The highest BCUT2D eigenvalue weighted by molar-refractivity contribution is 7.92. The number of ether oxygens (including phenoxy) is 2. The number of aryl methyl sites for hydroxylation is 4. The van der Waals surface area contributed by atoms with Crippen LogP contribution >= 0.6 is 0 Å². The Hall–Kier alpha value is -3.52. The van der Waals surface area contributed by atoms with Crippen LogP contribution in [-0.2, 0) is 14.8 Å². The first-order chi connectivity index (χ1) is 16.1. The zero-order chi connectivity index (χ0) is 25.0. The van der Waals surface area contributed by atoms with Crippen LogP contribution in [0.1, 0.15) is 22.3 Å². The van der Waals surface area contributed by atoms with Gasteiger partial charge in [0.05, 0.1) is 24.8 Å². The van der Waals surface area contributed by atoms with Crippen LogP contribution in [0.5, 0.6) is 11.5 Å². The molecule has 0 aromatic heterocycles. The Balaban J connectivity index is 2.03. The maximum Gasteiger partial charge on any atom is 0.264 e. The van der Waals surface area contributed by atoms with E-state index in [1.807, 2.05) is 39.8 Å². The van der Waals surface area contributed by atoms with Crippen LogP contribution in [0.25, 0.3) is 0 Å². The van der Waals surface area contributed by atoms with Gasteiger partial charge >= 0.3 is 0 Å². The average molecular weight is 483 g/mol. The van der Waals surface area contributed by atoms with Gasteiger partial charge in [0.2, 0.25) is 5.91 Å². The minimum Gasteiger partial charge on any atom is -0.493 e. The molecule has 3 aromatic carbocycles. The van der Waals surface area contributed by atoms with Crippen molar-refractivity contribution in [1.29, 1.82) is 0 Å². The summed E-state index contributed by atoms with van der Waals surface area (Å²) in [6, 6.07) is 15.2. The summed E-state index contributed by atoms with van der Waals surface area (Å²) in [6.07, 6.45) is 0. The lowest BCUT2D eigenvalue weighted by atomic mass is 10.1. The van der Waals surface area contributed by atoms with E-state index in [1.165, 1.54) is 26.4 Å². The summed E-state index contributed by atoms with van der Waals surface area (Å²) in [5.74, 6) is 0.351. The van der Waals surface area contributed by atoms with Crippen molar-refractivity contribution in [2.24, 2.45) is 0 Å². The molecule has 0 atom stereocenters. The first kappa shape index (κ1) is 25.1. The molecule has 7 nitrogen and oxygen atoms in total. The van der Waals surface area contributed by atoms with E-state index in [1.54, 1.807) is 30.3 Å². The van der Waals surface area contributed by atoms with E-state index in [9.17, 15) is 13.2 Å². The quantitative estimate of drug-likeness (QED) is 0.500. The Morgan fingerprint density at radius 2 is 1.41 bits per heavy atom. The SMILES string of the molecule is COc1ccc(N(CC(=O)Nc2c(C)cc(C)cc2C)S(=O)(=O)c2ccc(C)cc2)cc1OC. The van der Waals surface area contributed by atoms with Gasteiger partial charge in [-0.1, -0.05) is 35.4 Å². The minimum atomic E-state index is -4.05. The van der Waals surface area contributed by atoms with E-state index in [-0.39, 0.29) is 10.6 Å². The standard InChI is InChI=1S/C26H30N2O5S/c1-17-7-10-22(11-8-17)34(30,31)28(21-9-12-23(32-5)24(15-21)33-6)16-25(29)27-26-19(3)13-18(2)14-20(26)4/h7-15H,16H2,1-6H3,(H,27,29). The number of carbonyl (C=O) groups excluding carboxylic acids is 1. The van der Waals surface area contributed by atoms with Gasteiger partial charge in [-0.2, -0.15) is 0 Å². The van der Waals surface area contributed by atoms with Gasteiger partial charge < -0.3 is 14.8 Å². The summed E-state index contributed by atoms with van der Waals surface area (Å²) in [7, 11) is -1.09. The summed E-state index contributed by atoms with van der Waals surface area (Å²) in [4.78, 5) is 13.2. The Kier molecular flexibility index (Phi) is 7.51. The smallest absolute Gasteiger partial charge is 0.264 e.